The molecule has 2 N–H and O–H groups in total. The predicted molar refractivity (Wildman–Crippen MR) is 79.1 cm³/mol. The summed E-state index contributed by atoms with van der Waals surface area (Å²) in [6.45, 7) is 2.78. The van der Waals surface area contributed by atoms with Crippen molar-refractivity contribution in [1.29, 1.82) is 0 Å². The summed E-state index contributed by atoms with van der Waals surface area (Å²) in [4.78, 5) is 0.991. The zero-order chi connectivity index (χ0) is 14.8. The molecule has 20 heavy (non-hydrogen) atoms. The van der Waals surface area contributed by atoms with E-state index >= 15 is 0 Å². The molecule has 0 aliphatic rings. The number of rotatable bonds is 6. The molecule has 8 heteroatoms. The molecule has 2 rings (SSSR count). The van der Waals surface area contributed by atoms with Crippen LogP contribution in [-0.2, 0) is 30.2 Å². The van der Waals surface area contributed by atoms with Gasteiger partial charge in [0, 0.05) is 36.8 Å². The zero-order valence-corrected chi connectivity index (χ0v) is 13.3. The molecule has 0 bridgehead atoms. The fourth-order valence-corrected chi connectivity index (χ4v) is 4.26. The van der Waals surface area contributed by atoms with Crippen molar-refractivity contribution in [2.24, 2.45) is 7.05 Å². The summed E-state index contributed by atoms with van der Waals surface area (Å²) in [5, 5.41) is 7.19. The summed E-state index contributed by atoms with van der Waals surface area (Å²) < 4.78 is 29.0. The third-order valence-electron chi connectivity index (χ3n) is 2.82. The summed E-state index contributed by atoms with van der Waals surface area (Å²) in [5.74, 6) is 0. The second kappa shape index (κ2) is 6.04. The first-order valence-electron chi connectivity index (χ1n) is 6.14. The Bertz CT molecular complexity index is 688. The molecule has 0 spiro atoms. The van der Waals surface area contributed by atoms with Gasteiger partial charge in [-0.3, -0.25) is 4.68 Å². The van der Waals surface area contributed by atoms with Gasteiger partial charge < -0.3 is 5.32 Å². The third kappa shape index (κ3) is 3.45. The second-order valence-corrected chi connectivity index (χ2v) is 7.65. The minimum absolute atomic E-state index is 0.251. The molecule has 0 unspecified atom stereocenters. The largest absolute Gasteiger partial charge is 0.315 e. The lowest BCUT2D eigenvalue weighted by Crippen LogP contribution is -2.22. The van der Waals surface area contributed by atoms with Crippen molar-refractivity contribution in [2.45, 2.75) is 24.2 Å². The van der Waals surface area contributed by atoms with Gasteiger partial charge in [-0.15, -0.1) is 11.3 Å². The number of hydrogen-bond acceptors (Lipinski definition) is 5. The van der Waals surface area contributed by atoms with Crippen molar-refractivity contribution in [1.82, 2.24) is 19.8 Å². The van der Waals surface area contributed by atoms with E-state index in [0.717, 1.165) is 16.1 Å². The Morgan fingerprint density at radius 1 is 1.35 bits per heavy atom. The highest BCUT2D eigenvalue weighted by molar-refractivity contribution is 7.91. The predicted octanol–water partition coefficient (Wildman–Crippen LogP) is 0.988. The summed E-state index contributed by atoms with van der Waals surface area (Å²) in [7, 11) is 0.185. The van der Waals surface area contributed by atoms with Gasteiger partial charge in [-0.1, -0.05) is 0 Å². The number of nitrogens with one attached hydrogen (secondary N) is 2. The smallest absolute Gasteiger partial charge is 0.250 e. The second-order valence-electron chi connectivity index (χ2n) is 4.49. The summed E-state index contributed by atoms with van der Waals surface area (Å²) in [6, 6.07) is 3.46. The highest BCUT2D eigenvalue weighted by Crippen LogP contribution is 2.21. The van der Waals surface area contributed by atoms with Crippen LogP contribution in [0.2, 0.25) is 0 Å². The summed E-state index contributed by atoms with van der Waals surface area (Å²) in [5.41, 5.74) is 1.71. The Hall–Kier alpha value is -1.22. The molecule has 0 saturated carbocycles. The van der Waals surface area contributed by atoms with Gasteiger partial charge in [0.2, 0.25) is 10.0 Å². The lowest BCUT2D eigenvalue weighted by atomic mass is 10.3. The monoisotopic (exact) mass is 314 g/mol. The van der Waals surface area contributed by atoms with E-state index in [1.165, 1.54) is 11.3 Å². The molecule has 0 aliphatic carbocycles. The molecule has 110 valence electrons. The Labute approximate surface area is 122 Å². The molecule has 0 fully saturated rings. The molecule has 2 aromatic heterocycles. The quantitative estimate of drug-likeness (QED) is 0.833. The highest BCUT2D eigenvalue weighted by Gasteiger charge is 2.17. The van der Waals surface area contributed by atoms with Gasteiger partial charge in [0.1, 0.15) is 4.21 Å². The minimum Gasteiger partial charge on any atom is -0.315 e. The Balaban J connectivity index is 2.08. The first kappa shape index (κ1) is 15.2. The maximum absolute atomic E-state index is 12.2. The van der Waals surface area contributed by atoms with Crippen molar-refractivity contribution < 1.29 is 8.42 Å². The number of aryl methyl sites for hydroxylation is 2. The van der Waals surface area contributed by atoms with E-state index in [-0.39, 0.29) is 6.54 Å². The van der Waals surface area contributed by atoms with Gasteiger partial charge in [-0.25, -0.2) is 13.1 Å². The van der Waals surface area contributed by atoms with Crippen molar-refractivity contribution in [3.05, 3.63) is 34.5 Å². The highest BCUT2D eigenvalue weighted by atomic mass is 32.2. The number of sulfonamides is 1. The van der Waals surface area contributed by atoms with E-state index in [9.17, 15) is 8.42 Å². The molecule has 0 amide bonds. The number of aromatic nitrogens is 2. The van der Waals surface area contributed by atoms with E-state index in [1.807, 2.05) is 33.3 Å². The number of hydrogen-bond donors (Lipinski definition) is 2. The van der Waals surface area contributed by atoms with Crippen LogP contribution < -0.4 is 10.0 Å². The lowest BCUT2D eigenvalue weighted by Gasteiger charge is -2.03. The van der Waals surface area contributed by atoms with Crippen molar-refractivity contribution in [3.63, 3.8) is 0 Å². The first-order valence-corrected chi connectivity index (χ1v) is 8.44. The standard InChI is InChI=1S/C12H18N4O2S2/c1-9-10(8-16(3)15-9)6-14-20(17,18)12-5-4-11(19-12)7-13-2/h4-5,8,13-14H,6-7H2,1-3H3. The molecule has 0 atom stereocenters. The third-order valence-corrected chi connectivity index (χ3v) is 5.80. The van der Waals surface area contributed by atoms with Crippen LogP contribution in [0.4, 0.5) is 0 Å². The van der Waals surface area contributed by atoms with E-state index in [0.29, 0.717) is 10.8 Å². The summed E-state index contributed by atoms with van der Waals surface area (Å²) >= 11 is 1.28. The van der Waals surface area contributed by atoms with Gasteiger partial charge in [0.05, 0.1) is 5.69 Å². The number of thiophene rings is 1. The number of nitrogens with zero attached hydrogens (tertiary/aromatic N) is 2. The Kier molecular flexibility index (Phi) is 4.59. The average Bonchev–Trinajstić information content (AvgIpc) is 2.95. The normalized spacial score (nSPS) is 11.9. The summed E-state index contributed by atoms with van der Waals surface area (Å²) in [6.07, 6.45) is 1.82. The van der Waals surface area contributed by atoms with Gasteiger partial charge in [-0.05, 0) is 26.1 Å². The molecule has 0 saturated heterocycles. The van der Waals surface area contributed by atoms with Crippen LogP contribution in [0, 0.1) is 6.92 Å². The fraction of sp³-hybridized carbons (Fsp3) is 0.417. The van der Waals surface area contributed by atoms with Crippen LogP contribution >= 0.6 is 11.3 Å². The maximum Gasteiger partial charge on any atom is 0.250 e. The maximum atomic E-state index is 12.2. The van der Waals surface area contributed by atoms with Crippen molar-refractivity contribution >= 4 is 21.4 Å². The Morgan fingerprint density at radius 3 is 2.70 bits per heavy atom. The van der Waals surface area contributed by atoms with Crippen LogP contribution in [0.15, 0.2) is 22.5 Å². The van der Waals surface area contributed by atoms with E-state index in [4.69, 9.17) is 0 Å². The molecule has 6 nitrogen and oxygen atoms in total. The topological polar surface area (TPSA) is 76.0 Å². The van der Waals surface area contributed by atoms with Crippen LogP contribution in [0.25, 0.3) is 0 Å². The van der Waals surface area contributed by atoms with Crippen molar-refractivity contribution in [3.8, 4) is 0 Å². The van der Waals surface area contributed by atoms with Crippen LogP contribution in [0.3, 0.4) is 0 Å². The SMILES string of the molecule is CNCc1ccc(S(=O)(=O)NCc2cn(C)nc2C)s1. The van der Waals surface area contributed by atoms with Gasteiger partial charge in [0.15, 0.2) is 0 Å². The molecular weight excluding hydrogens is 296 g/mol. The van der Waals surface area contributed by atoms with Crippen LogP contribution in [-0.4, -0.2) is 25.2 Å². The molecular formula is C12H18N4O2S2. The average molecular weight is 314 g/mol. The van der Waals surface area contributed by atoms with Gasteiger partial charge >= 0.3 is 0 Å². The van der Waals surface area contributed by atoms with E-state index < -0.39 is 10.0 Å². The van der Waals surface area contributed by atoms with Crippen molar-refractivity contribution in [2.75, 3.05) is 7.05 Å². The first-order chi connectivity index (χ1) is 9.42. The molecule has 2 aromatic rings. The fourth-order valence-electron chi connectivity index (χ4n) is 1.84. The Morgan fingerprint density at radius 2 is 2.10 bits per heavy atom. The molecule has 2 heterocycles. The van der Waals surface area contributed by atoms with Gasteiger partial charge in [0.25, 0.3) is 0 Å². The van der Waals surface area contributed by atoms with Gasteiger partial charge in [-0.2, -0.15) is 5.10 Å². The zero-order valence-electron chi connectivity index (χ0n) is 11.7. The van der Waals surface area contributed by atoms with Crippen LogP contribution in [0.5, 0.6) is 0 Å². The molecule has 0 aromatic carbocycles. The van der Waals surface area contributed by atoms with E-state index in [1.54, 1.807) is 10.7 Å². The van der Waals surface area contributed by atoms with Crippen LogP contribution in [0.1, 0.15) is 16.1 Å². The molecule has 0 radical (unpaired) electrons. The van der Waals surface area contributed by atoms with E-state index in [2.05, 4.69) is 15.1 Å². The lowest BCUT2D eigenvalue weighted by molar-refractivity contribution is 0.583. The molecule has 0 aliphatic heterocycles. The minimum atomic E-state index is -3.46.